The Morgan fingerprint density at radius 2 is 2.19 bits per heavy atom. The molecule has 6 heteroatoms. The number of likely N-dealkylation sites (tertiary alicyclic amines) is 1. The van der Waals surface area contributed by atoms with E-state index >= 15 is 0 Å². The van der Waals surface area contributed by atoms with Gasteiger partial charge in [-0.25, -0.2) is 0 Å². The van der Waals surface area contributed by atoms with E-state index in [1.54, 1.807) is 24.8 Å². The molecule has 6 nitrogen and oxygen atoms in total. The van der Waals surface area contributed by atoms with Crippen LogP contribution >= 0.6 is 0 Å². The molecule has 2 unspecified atom stereocenters. The van der Waals surface area contributed by atoms with Crippen LogP contribution in [0.15, 0.2) is 18.2 Å². The SMILES string of the molecule is Cc1cc(C(=O)N2CCCCC2C(C)O)ccc1[N+](=O)[O-]. The van der Waals surface area contributed by atoms with E-state index in [1.807, 2.05) is 0 Å². The third-order valence-electron chi connectivity index (χ3n) is 4.01. The molecule has 114 valence electrons. The van der Waals surface area contributed by atoms with Crippen molar-refractivity contribution in [1.82, 2.24) is 4.90 Å². The van der Waals surface area contributed by atoms with Gasteiger partial charge in [-0.05, 0) is 45.2 Å². The molecule has 2 rings (SSSR count). The fourth-order valence-corrected chi connectivity index (χ4v) is 2.87. The highest BCUT2D eigenvalue weighted by Gasteiger charge is 2.30. The fourth-order valence-electron chi connectivity index (χ4n) is 2.87. The van der Waals surface area contributed by atoms with Gasteiger partial charge in [-0.2, -0.15) is 0 Å². The van der Waals surface area contributed by atoms with Crippen molar-refractivity contribution >= 4 is 11.6 Å². The van der Waals surface area contributed by atoms with Crippen molar-refractivity contribution < 1.29 is 14.8 Å². The number of carbonyl (C=O) groups is 1. The average molecular weight is 292 g/mol. The normalized spacial score (nSPS) is 20.1. The number of aliphatic hydroxyl groups excluding tert-OH is 1. The van der Waals surface area contributed by atoms with Crippen molar-refractivity contribution in [2.75, 3.05) is 6.54 Å². The van der Waals surface area contributed by atoms with Crippen molar-refractivity contribution in [2.45, 2.75) is 45.3 Å². The number of carbonyl (C=O) groups excluding carboxylic acids is 1. The van der Waals surface area contributed by atoms with E-state index in [-0.39, 0.29) is 17.6 Å². The third-order valence-corrected chi connectivity index (χ3v) is 4.01. The number of aryl methyl sites for hydroxylation is 1. The first-order valence-electron chi connectivity index (χ1n) is 7.16. The summed E-state index contributed by atoms with van der Waals surface area (Å²) in [7, 11) is 0. The third kappa shape index (κ3) is 3.21. The van der Waals surface area contributed by atoms with Crippen LogP contribution in [0.4, 0.5) is 5.69 Å². The molecule has 21 heavy (non-hydrogen) atoms. The van der Waals surface area contributed by atoms with Crippen LogP contribution < -0.4 is 0 Å². The number of nitro groups is 1. The van der Waals surface area contributed by atoms with E-state index in [2.05, 4.69) is 0 Å². The first kappa shape index (κ1) is 15.4. The number of hydrogen-bond donors (Lipinski definition) is 1. The number of nitrogens with zero attached hydrogens (tertiary/aromatic N) is 2. The van der Waals surface area contributed by atoms with Gasteiger partial charge in [-0.1, -0.05) is 0 Å². The molecular weight excluding hydrogens is 272 g/mol. The second kappa shape index (κ2) is 6.22. The standard InChI is InChI=1S/C15H20N2O4/c1-10-9-12(6-7-13(10)17(20)21)15(19)16-8-4-3-5-14(16)11(2)18/h6-7,9,11,14,18H,3-5,8H2,1-2H3. The molecule has 1 fully saturated rings. The van der Waals surface area contributed by atoms with Crippen LogP contribution in [0.1, 0.15) is 42.1 Å². The quantitative estimate of drug-likeness (QED) is 0.684. The van der Waals surface area contributed by atoms with Gasteiger partial charge < -0.3 is 10.0 Å². The van der Waals surface area contributed by atoms with Gasteiger partial charge >= 0.3 is 0 Å². The van der Waals surface area contributed by atoms with E-state index in [4.69, 9.17) is 0 Å². The molecule has 2 atom stereocenters. The molecule has 0 spiro atoms. The van der Waals surface area contributed by atoms with Crippen molar-refractivity contribution in [2.24, 2.45) is 0 Å². The highest BCUT2D eigenvalue weighted by Crippen LogP contribution is 2.24. The monoisotopic (exact) mass is 292 g/mol. The van der Waals surface area contributed by atoms with Gasteiger partial charge in [0, 0.05) is 23.7 Å². The lowest BCUT2D eigenvalue weighted by atomic mass is 9.96. The molecule has 0 aliphatic carbocycles. The molecule has 0 radical (unpaired) electrons. The van der Waals surface area contributed by atoms with Gasteiger partial charge in [0.05, 0.1) is 17.1 Å². The Hall–Kier alpha value is -1.95. The summed E-state index contributed by atoms with van der Waals surface area (Å²) >= 11 is 0. The largest absolute Gasteiger partial charge is 0.391 e. The van der Waals surface area contributed by atoms with Crippen molar-refractivity contribution in [1.29, 1.82) is 0 Å². The second-order valence-electron chi connectivity index (χ2n) is 5.56. The predicted molar refractivity (Wildman–Crippen MR) is 78.2 cm³/mol. The van der Waals surface area contributed by atoms with Crippen LogP contribution in [0.3, 0.4) is 0 Å². The molecule has 1 amide bonds. The Bertz CT molecular complexity index is 557. The Kier molecular flexibility index (Phi) is 4.57. The van der Waals surface area contributed by atoms with Crippen LogP contribution in [0.5, 0.6) is 0 Å². The molecular formula is C15H20N2O4. The van der Waals surface area contributed by atoms with Crippen molar-refractivity contribution in [3.8, 4) is 0 Å². The second-order valence-corrected chi connectivity index (χ2v) is 5.56. The molecule has 1 aromatic carbocycles. The topological polar surface area (TPSA) is 83.7 Å². The zero-order chi connectivity index (χ0) is 15.6. The minimum atomic E-state index is -0.576. The molecule has 0 bridgehead atoms. The Balaban J connectivity index is 2.26. The Labute approximate surface area is 123 Å². The lowest BCUT2D eigenvalue weighted by Gasteiger charge is -2.37. The molecule has 1 heterocycles. The van der Waals surface area contributed by atoms with Crippen LogP contribution in [0.25, 0.3) is 0 Å². The van der Waals surface area contributed by atoms with Gasteiger partial charge in [-0.3, -0.25) is 14.9 Å². The van der Waals surface area contributed by atoms with Crippen LogP contribution in [0.2, 0.25) is 0 Å². The van der Waals surface area contributed by atoms with Gasteiger partial charge in [0.1, 0.15) is 0 Å². The summed E-state index contributed by atoms with van der Waals surface area (Å²) in [6, 6.07) is 4.22. The number of nitro benzene ring substituents is 1. The van der Waals surface area contributed by atoms with E-state index < -0.39 is 11.0 Å². The highest BCUT2D eigenvalue weighted by atomic mass is 16.6. The maximum atomic E-state index is 12.6. The zero-order valence-electron chi connectivity index (χ0n) is 12.3. The van der Waals surface area contributed by atoms with Gasteiger partial charge in [0.25, 0.3) is 11.6 Å². The van der Waals surface area contributed by atoms with Crippen LogP contribution in [-0.2, 0) is 0 Å². The minimum absolute atomic E-state index is 0.0114. The smallest absolute Gasteiger partial charge is 0.272 e. The summed E-state index contributed by atoms with van der Waals surface area (Å²) < 4.78 is 0. The zero-order valence-corrected chi connectivity index (χ0v) is 12.3. The number of piperidine rings is 1. The maximum absolute atomic E-state index is 12.6. The van der Waals surface area contributed by atoms with E-state index in [9.17, 15) is 20.0 Å². The lowest BCUT2D eigenvalue weighted by Crippen LogP contribution is -2.48. The molecule has 1 aliphatic rings. The summed E-state index contributed by atoms with van der Waals surface area (Å²) in [5.41, 5.74) is 0.916. The minimum Gasteiger partial charge on any atom is -0.391 e. The number of hydrogen-bond acceptors (Lipinski definition) is 4. The summed E-state index contributed by atoms with van der Waals surface area (Å²) in [6.07, 6.45) is 2.13. The average Bonchev–Trinajstić information content (AvgIpc) is 2.45. The number of amides is 1. The maximum Gasteiger partial charge on any atom is 0.272 e. The number of benzene rings is 1. The number of aliphatic hydroxyl groups is 1. The molecule has 1 aromatic rings. The highest BCUT2D eigenvalue weighted by molar-refractivity contribution is 5.95. The molecule has 0 saturated carbocycles. The van der Waals surface area contributed by atoms with E-state index in [1.165, 1.54) is 12.1 Å². The first-order chi connectivity index (χ1) is 9.91. The first-order valence-corrected chi connectivity index (χ1v) is 7.16. The molecule has 0 aromatic heterocycles. The van der Waals surface area contributed by atoms with Crippen LogP contribution in [0, 0.1) is 17.0 Å². The predicted octanol–water partition coefficient (Wildman–Crippen LogP) is 2.28. The summed E-state index contributed by atoms with van der Waals surface area (Å²) in [6.45, 7) is 3.93. The summed E-state index contributed by atoms with van der Waals surface area (Å²) in [5.74, 6) is -0.168. The Morgan fingerprint density at radius 3 is 2.76 bits per heavy atom. The van der Waals surface area contributed by atoms with Gasteiger partial charge in [0.15, 0.2) is 0 Å². The fraction of sp³-hybridized carbons (Fsp3) is 0.533. The van der Waals surface area contributed by atoms with E-state index in [0.717, 1.165) is 19.3 Å². The van der Waals surface area contributed by atoms with Crippen molar-refractivity contribution in [3.63, 3.8) is 0 Å². The summed E-state index contributed by atoms with van der Waals surface area (Å²) in [5, 5.41) is 20.7. The molecule has 1 N–H and O–H groups in total. The van der Waals surface area contributed by atoms with E-state index in [0.29, 0.717) is 17.7 Å². The lowest BCUT2D eigenvalue weighted by molar-refractivity contribution is -0.385. The Morgan fingerprint density at radius 1 is 1.48 bits per heavy atom. The summed E-state index contributed by atoms with van der Waals surface area (Å²) in [4.78, 5) is 24.7. The van der Waals surface area contributed by atoms with Crippen LogP contribution in [-0.4, -0.2) is 39.5 Å². The molecule has 1 saturated heterocycles. The van der Waals surface area contributed by atoms with Crippen molar-refractivity contribution in [3.05, 3.63) is 39.4 Å². The van der Waals surface area contributed by atoms with Gasteiger partial charge in [-0.15, -0.1) is 0 Å². The molecule has 1 aliphatic heterocycles. The van der Waals surface area contributed by atoms with Gasteiger partial charge in [0.2, 0.25) is 0 Å². The number of rotatable bonds is 3.